The van der Waals surface area contributed by atoms with E-state index in [0.29, 0.717) is 38.9 Å². The van der Waals surface area contributed by atoms with Gasteiger partial charge in [0, 0.05) is 24.0 Å². The summed E-state index contributed by atoms with van der Waals surface area (Å²) in [4.78, 5) is 23.9. The van der Waals surface area contributed by atoms with Crippen molar-refractivity contribution in [2.45, 2.75) is 46.0 Å². The lowest BCUT2D eigenvalue weighted by Crippen LogP contribution is -2.18. The maximum atomic E-state index is 11.9. The summed E-state index contributed by atoms with van der Waals surface area (Å²) in [5, 5.41) is 7.99. The van der Waals surface area contributed by atoms with Crippen molar-refractivity contribution < 1.29 is 19.1 Å². The van der Waals surface area contributed by atoms with E-state index in [4.69, 9.17) is 9.47 Å². The number of hydrogen-bond donors (Lipinski definition) is 2. The average molecular weight is 453 g/mol. The van der Waals surface area contributed by atoms with Crippen LogP contribution in [0.2, 0.25) is 0 Å². The van der Waals surface area contributed by atoms with E-state index < -0.39 is 0 Å². The zero-order valence-corrected chi connectivity index (χ0v) is 19.3. The molecule has 2 aromatic rings. The predicted octanol–water partition coefficient (Wildman–Crippen LogP) is 4.03. The van der Waals surface area contributed by atoms with Crippen molar-refractivity contribution in [1.82, 2.24) is 10.9 Å². The maximum absolute atomic E-state index is 11.9. The van der Waals surface area contributed by atoms with Crippen molar-refractivity contribution in [2.24, 2.45) is 10.2 Å². The number of unbranched alkanes of at least 4 members (excludes halogenated alkanes) is 2. The second kappa shape index (κ2) is 15.2. The molecule has 0 radical (unpaired) electrons. The number of nitrogens with one attached hydrogen (secondary N) is 2. The summed E-state index contributed by atoms with van der Waals surface area (Å²) < 4.78 is 11.0. The number of para-hydroxylation sites is 2. The Morgan fingerprint density at radius 3 is 1.58 bits per heavy atom. The summed E-state index contributed by atoms with van der Waals surface area (Å²) in [5.41, 5.74) is 6.65. The summed E-state index contributed by atoms with van der Waals surface area (Å²) in [6, 6.07) is 15.0. The van der Waals surface area contributed by atoms with E-state index in [-0.39, 0.29) is 11.8 Å². The Morgan fingerprint density at radius 1 is 0.727 bits per heavy atom. The second-order valence-corrected chi connectivity index (χ2v) is 7.09. The first-order valence-electron chi connectivity index (χ1n) is 11.2. The molecule has 2 rings (SSSR count). The van der Waals surface area contributed by atoms with Crippen LogP contribution < -0.4 is 20.3 Å². The van der Waals surface area contributed by atoms with E-state index in [2.05, 4.69) is 21.1 Å². The number of benzene rings is 2. The van der Waals surface area contributed by atoms with Crippen molar-refractivity contribution in [3.05, 3.63) is 59.7 Å². The average Bonchev–Trinajstić information content (AvgIpc) is 2.81. The molecule has 0 aliphatic rings. The van der Waals surface area contributed by atoms with Crippen LogP contribution in [0.25, 0.3) is 0 Å². The molecule has 8 heteroatoms. The number of carbonyl (C=O) groups excluding carboxylic acids is 2. The third kappa shape index (κ3) is 9.99. The van der Waals surface area contributed by atoms with E-state index in [1.807, 2.05) is 62.4 Å². The van der Waals surface area contributed by atoms with Crippen LogP contribution in [0.1, 0.15) is 57.1 Å². The summed E-state index contributed by atoms with van der Waals surface area (Å²) in [6.07, 6.45) is 5.94. The Balaban J connectivity index is 1.60. The fraction of sp³-hybridized carbons (Fsp3) is 0.360. The van der Waals surface area contributed by atoms with Crippen molar-refractivity contribution in [1.29, 1.82) is 0 Å². The van der Waals surface area contributed by atoms with Crippen molar-refractivity contribution in [3.63, 3.8) is 0 Å². The van der Waals surface area contributed by atoms with Gasteiger partial charge in [-0.15, -0.1) is 0 Å². The Morgan fingerprint density at radius 2 is 1.15 bits per heavy atom. The number of hydrogen-bond acceptors (Lipinski definition) is 6. The molecule has 33 heavy (non-hydrogen) atoms. The number of carbonyl (C=O) groups is 2. The van der Waals surface area contributed by atoms with Gasteiger partial charge in [0.15, 0.2) is 0 Å². The normalized spacial score (nSPS) is 11.0. The van der Waals surface area contributed by atoms with Crippen LogP contribution >= 0.6 is 0 Å². The molecule has 0 unspecified atom stereocenters. The lowest BCUT2D eigenvalue weighted by atomic mass is 10.1. The highest BCUT2D eigenvalue weighted by Gasteiger charge is 2.04. The lowest BCUT2D eigenvalue weighted by molar-refractivity contribution is -0.121. The van der Waals surface area contributed by atoms with Crippen molar-refractivity contribution in [2.75, 3.05) is 13.2 Å². The predicted molar refractivity (Wildman–Crippen MR) is 130 cm³/mol. The summed E-state index contributed by atoms with van der Waals surface area (Å²) in [7, 11) is 0. The van der Waals surface area contributed by atoms with Crippen LogP contribution in [0, 0.1) is 0 Å². The van der Waals surface area contributed by atoms with Crippen LogP contribution in [0.5, 0.6) is 11.5 Å². The first-order valence-corrected chi connectivity index (χ1v) is 11.2. The topological polar surface area (TPSA) is 101 Å². The highest BCUT2D eigenvalue weighted by Crippen LogP contribution is 2.16. The summed E-state index contributed by atoms with van der Waals surface area (Å²) in [6.45, 7) is 4.94. The van der Waals surface area contributed by atoms with Gasteiger partial charge < -0.3 is 9.47 Å². The maximum Gasteiger partial charge on any atom is 0.240 e. The molecule has 0 aliphatic carbocycles. The second-order valence-electron chi connectivity index (χ2n) is 7.09. The fourth-order valence-electron chi connectivity index (χ4n) is 2.96. The Labute approximate surface area is 195 Å². The molecule has 0 aromatic heterocycles. The molecule has 2 N–H and O–H groups in total. The first kappa shape index (κ1) is 25.6. The largest absolute Gasteiger partial charge is 0.493 e. The Kier molecular flexibility index (Phi) is 11.8. The van der Waals surface area contributed by atoms with Gasteiger partial charge >= 0.3 is 0 Å². The van der Waals surface area contributed by atoms with Crippen LogP contribution in [0.15, 0.2) is 58.7 Å². The smallest absolute Gasteiger partial charge is 0.240 e. The number of rotatable bonds is 14. The molecule has 0 spiro atoms. The molecular formula is C25H32N4O4. The SMILES string of the molecule is CCOc1ccccc1C=NNC(=O)CCCCCC(=O)NN=Cc1ccccc1OCC. The molecule has 176 valence electrons. The highest BCUT2D eigenvalue weighted by atomic mass is 16.5. The van der Waals surface area contributed by atoms with E-state index in [1.54, 1.807) is 12.4 Å². The molecule has 0 fully saturated rings. The minimum Gasteiger partial charge on any atom is -0.493 e. The van der Waals surface area contributed by atoms with Gasteiger partial charge in [0.25, 0.3) is 0 Å². The third-order valence-corrected chi connectivity index (χ3v) is 4.53. The molecule has 0 aliphatic heterocycles. The number of hydrazone groups is 2. The number of amides is 2. The van der Waals surface area contributed by atoms with Gasteiger partial charge in [0.05, 0.1) is 25.6 Å². The zero-order chi connectivity index (χ0) is 23.7. The molecule has 0 heterocycles. The van der Waals surface area contributed by atoms with Gasteiger partial charge in [-0.2, -0.15) is 10.2 Å². The Bertz CT molecular complexity index is 868. The minimum absolute atomic E-state index is 0.165. The first-order chi connectivity index (χ1) is 16.1. The monoisotopic (exact) mass is 452 g/mol. The number of nitrogens with zero attached hydrogens (tertiary/aromatic N) is 2. The summed E-state index contributed by atoms with van der Waals surface area (Å²) in [5.74, 6) is 1.11. The van der Waals surface area contributed by atoms with Crippen LogP contribution in [-0.4, -0.2) is 37.5 Å². The summed E-state index contributed by atoms with van der Waals surface area (Å²) >= 11 is 0. The number of ether oxygens (including phenoxy) is 2. The molecule has 2 aromatic carbocycles. The van der Waals surface area contributed by atoms with E-state index in [1.165, 1.54) is 0 Å². The molecule has 0 saturated heterocycles. The highest BCUT2D eigenvalue weighted by molar-refractivity contribution is 5.86. The van der Waals surface area contributed by atoms with E-state index in [9.17, 15) is 9.59 Å². The van der Waals surface area contributed by atoms with Crippen LogP contribution in [0.3, 0.4) is 0 Å². The molecule has 0 bridgehead atoms. The minimum atomic E-state index is -0.165. The third-order valence-electron chi connectivity index (χ3n) is 4.53. The van der Waals surface area contributed by atoms with Crippen molar-refractivity contribution >= 4 is 24.2 Å². The molecule has 8 nitrogen and oxygen atoms in total. The lowest BCUT2D eigenvalue weighted by Gasteiger charge is -2.06. The molecule has 0 saturated carbocycles. The van der Waals surface area contributed by atoms with Gasteiger partial charge in [-0.3, -0.25) is 9.59 Å². The van der Waals surface area contributed by atoms with Gasteiger partial charge in [0.2, 0.25) is 11.8 Å². The standard InChI is InChI=1S/C25H32N4O4/c1-3-32-22-14-10-8-12-20(22)18-26-28-24(30)16-6-5-7-17-25(31)29-27-19-21-13-9-11-15-23(21)33-4-2/h8-15,18-19H,3-7,16-17H2,1-2H3,(H,28,30)(H,29,31). The quantitative estimate of drug-likeness (QED) is 0.257. The van der Waals surface area contributed by atoms with Crippen LogP contribution in [0.4, 0.5) is 0 Å². The molecular weight excluding hydrogens is 420 g/mol. The van der Waals surface area contributed by atoms with Crippen LogP contribution in [-0.2, 0) is 9.59 Å². The fourth-order valence-corrected chi connectivity index (χ4v) is 2.96. The zero-order valence-electron chi connectivity index (χ0n) is 19.3. The Hall–Kier alpha value is -3.68. The van der Waals surface area contributed by atoms with Gasteiger partial charge in [-0.05, 0) is 51.0 Å². The molecule has 0 atom stereocenters. The molecule has 2 amide bonds. The van der Waals surface area contributed by atoms with Gasteiger partial charge in [-0.25, -0.2) is 10.9 Å². The van der Waals surface area contributed by atoms with Crippen molar-refractivity contribution in [3.8, 4) is 11.5 Å². The van der Waals surface area contributed by atoms with E-state index in [0.717, 1.165) is 29.0 Å². The van der Waals surface area contributed by atoms with Gasteiger partial charge in [-0.1, -0.05) is 30.7 Å². The van der Waals surface area contributed by atoms with Gasteiger partial charge in [0.1, 0.15) is 11.5 Å². The van der Waals surface area contributed by atoms with E-state index >= 15 is 0 Å².